The van der Waals surface area contributed by atoms with Crippen LogP contribution in [-0.2, 0) is 0 Å². The van der Waals surface area contributed by atoms with Crippen molar-refractivity contribution in [2.45, 2.75) is 6.42 Å². The van der Waals surface area contributed by atoms with Gasteiger partial charge < -0.3 is 9.64 Å². The summed E-state index contributed by atoms with van der Waals surface area (Å²) >= 11 is 0. The summed E-state index contributed by atoms with van der Waals surface area (Å²) in [5.74, 6) is -1.12. The molecule has 4 aromatic rings. The Morgan fingerprint density at radius 2 is 1.63 bits per heavy atom. The Hall–Kier alpha value is -4.97. The van der Waals surface area contributed by atoms with Gasteiger partial charge in [-0.15, -0.1) is 0 Å². The van der Waals surface area contributed by atoms with Crippen molar-refractivity contribution < 1.29 is 19.1 Å². The van der Waals surface area contributed by atoms with Crippen molar-refractivity contribution in [1.82, 2.24) is 0 Å². The van der Waals surface area contributed by atoms with Gasteiger partial charge in [0.2, 0.25) is 0 Å². The molecule has 0 spiro atoms. The van der Waals surface area contributed by atoms with Crippen LogP contribution in [0.3, 0.4) is 0 Å². The fourth-order valence-electron chi connectivity index (χ4n) is 4.94. The Morgan fingerprint density at radius 1 is 0.868 bits per heavy atom. The highest BCUT2D eigenvalue weighted by Gasteiger charge is 2.35. The SMILES string of the molecule is CN(C)c1ccc(C(=O)Oc2cc3c4c(cccc4c2)C(=O)N(c2cccc(C4=CC=CC4)c2)C3=O)cc1. The zero-order chi connectivity index (χ0) is 26.4. The van der Waals surface area contributed by atoms with Gasteiger partial charge in [0.25, 0.3) is 11.8 Å². The minimum absolute atomic E-state index is 0.241. The quantitative estimate of drug-likeness (QED) is 0.184. The van der Waals surface area contributed by atoms with Gasteiger partial charge in [-0.05, 0) is 77.5 Å². The normalized spacial score (nSPS) is 14.2. The van der Waals surface area contributed by atoms with Crippen molar-refractivity contribution >= 4 is 45.5 Å². The number of hydrogen-bond donors (Lipinski definition) is 0. The van der Waals surface area contributed by atoms with Crippen LogP contribution in [0.25, 0.3) is 16.3 Å². The average molecular weight is 501 g/mol. The number of nitrogens with zero attached hydrogens (tertiary/aromatic N) is 2. The molecule has 0 fully saturated rings. The number of allylic oxidation sites excluding steroid dienone is 4. The molecule has 1 aliphatic heterocycles. The molecule has 186 valence electrons. The number of amides is 2. The van der Waals surface area contributed by atoms with E-state index in [1.807, 2.05) is 67.5 Å². The Balaban J connectivity index is 1.37. The van der Waals surface area contributed by atoms with Gasteiger partial charge in [0.15, 0.2) is 0 Å². The fourth-order valence-corrected chi connectivity index (χ4v) is 4.94. The van der Waals surface area contributed by atoms with Crippen LogP contribution in [0.15, 0.2) is 97.1 Å². The first-order valence-corrected chi connectivity index (χ1v) is 12.3. The van der Waals surface area contributed by atoms with E-state index >= 15 is 0 Å². The van der Waals surface area contributed by atoms with Crippen molar-refractivity contribution in [3.8, 4) is 5.75 Å². The third-order valence-corrected chi connectivity index (χ3v) is 6.89. The van der Waals surface area contributed by atoms with E-state index in [-0.39, 0.29) is 11.7 Å². The number of anilines is 2. The molecule has 0 aromatic heterocycles. The number of rotatable bonds is 5. The van der Waals surface area contributed by atoms with E-state index < -0.39 is 11.9 Å². The number of imide groups is 1. The third-order valence-electron chi connectivity index (χ3n) is 6.89. The summed E-state index contributed by atoms with van der Waals surface area (Å²) in [5, 5.41) is 1.22. The predicted molar refractivity (Wildman–Crippen MR) is 149 cm³/mol. The topological polar surface area (TPSA) is 66.9 Å². The van der Waals surface area contributed by atoms with Crippen LogP contribution < -0.4 is 14.5 Å². The van der Waals surface area contributed by atoms with E-state index in [1.54, 1.807) is 42.5 Å². The first-order chi connectivity index (χ1) is 18.4. The van der Waals surface area contributed by atoms with E-state index in [4.69, 9.17) is 4.74 Å². The van der Waals surface area contributed by atoms with Crippen molar-refractivity contribution in [2.75, 3.05) is 23.9 Å². The average Bonchev–Trinajstić information content (AvgIpc) is 3.47. The lowest BCUT2D eigenvalue weighted by Gasteiger charge is -2.28. The van der Waals surface area contributed by atoms with Crippen LogP contribution in [0.1, 0.15) is 43.1 Å². The van der Waals surface area contributed by atoms with Crippen molar-refractivity contribution in [3.63, 3.8) is 0 Å². The highest BCUT2D eigenvalue weighted by molar-refractivity contribution is 6.36. The van der Waals surface area contributed by atoms with E-state index in [9.17, 15) is 14.4 Å². The molecule has 0 radical (unpaired) electrons. The molecule has 1 aliphatic carbocycles. The molecule has 1 heterocycles. The van der Waals surface area contributed by atoms with Gasteiger partial charge in [0, 0.05) is 30.7 Å². The van der Waals surface area contributed by atoms with Crippen LogP contribution in [0.2, 0.25) is 0 Å². The summed E-state index contributed by atoms with van der Waals surface area (Å²) in [4.78, 5) is 43.4. The lowest BCUT2D eigenvalue weighted by molar-refractivity contribution is 0.0732. The molecular weight excluding hydrogens is 476 g/mol. The summed E-state index contributed by atoms with van der Waals surface area (Å²) in [6.45, 7) is 0. The molecule has 0 unspecified atom stereocenters. The van der Waals surface area contributed by atoms with Gasteiger partial charge in [0.05, 0.1) is 16.8 Å². The van der Waals surface area contributed by atoms with E-state index in [2.05, 4.69) is 6.08 Å². The second-order valence-electron chi connectivity index (χ2n) is 9.53. The highest BCUT2D eigenvalue weighted by atomic mass is 16.5. The van der Waals surface area contributed by atoms with Crippen molar-refractivity contribution in [3.05, 3.63) is 119 Å². The van der Waals surface area contributed by atoms with Crippen molar-refractivity contribution in [1.29, 1.82) is 0 Å². The van der Waals surface area contributed by atoms with Crippen LogP contribution in [-0.4, -0.2) is 31.9 Å². The molecule has 4 aromatic carbocycles. The molecule has 0 N–H and O–H groups in total. The monoisotopic (exact) mass is 500 g/mol. The summed E-state index contributed by atoms with van der Waals surface area (Å²) in [7, 11) is 3.85. The largest absolute Gasteiger partial charge is 0.423 e. The van der Waals surface area contributed by atoms with Gasteiger partial charge in [-0.3, -0.25) is 9.59 Å². The fraction of sp³-hybridized carbons (Fsp3) is 0.0938. The molecule has 2 aliphatic rings. The minimum atomic E-state index is -0.527. The third kappa shape index (κ3) is 3.96. The van der Waals surface area contributed by atoms with E-state index in [0.29, 0.717) is 33.2 Å². The van der Waals surface area contributed by atoms with Crippen LogP contribution in [0, 0.1) is 0 Å². The minimum Gasteiger partial charge on any atom is -0.423 e. The number of benzene rings is 4. The molecule has 2 amide bonds. The van der Waals surface area contributed by atoms with Gasteiger partial charge in [-0.25, -0.2) is 9.69 Å². The Kier molecular flexibility index (Phi) is 5.65. The Morgan fingerprint density at radius 3 is 2.37 bits per heavy atom. The number of esters is 1. The zero-order valence-electron chi connectivity index (χ0n) is 21.0. The smallest absolute Gasteiger partial charge is 0.343 e. The van der Waals surface area contributed by atoms with Gasteiger partial charge in [0.1, 0.15) is 5.75 Å². The maximum Gasteiger partial charge on any atom is 0.343 e. The molecule has 0 saturated carbocycles. The molecule has 6 heteroatoms. The first kappa shape index (κ1) is 23.4. The first-order valence-electron chi connectivity index (χ1n) is 12.3. The second kappa shape index (κ2) is 9.16. The summed E-state index contributed by atoms with van der Waals surface area (Å²) in [6.07, 6.45) is 6.90. The standard InChI is InChI=1S/C32H24N2O4/c1-33(2)24-15-13-21(14-16-24)32(37)38-26-18-23-10-6-12-27-29(23)28(19-26)31(36)34(30(27)35)25-11-5-9-22(17-25)20-7-3-4-8-20/h3-7,9-19H,8H2,1-2H3. The molecular formula is C32H24N2O4. The van der Waals surface area contributed by atoms with Crippen LogP contribution >= 0.6 is 0 Å². The lowest BCUT2D eigenvalue weighted by atomic mass is 9.93. The second-order valence-corrected chi connectivity index (χ2v) is 9.53. The molecule has 0 atom stereocenters. The summed E-state index contributed by atoms with van der Waals surface area (Å²) in [6, 6.07) is 23.1. The highest BCUT2D eigenvalue weighted by Crippen LogP contribution is 2.37. The van der Waals surface area contributed by atoms with Crippen LogP contribution in [0.5, 0.6) is 5.75 Å². The molecule has 6 rings (SSSR count). The maximum atomic E-state index is 13.8. The van der Waals surface area contributed by atoms with E-state index in [1.165, 1.54) is 4.90 Å². The predicted octanol–water partition coefficient (Wildman–Crippen LogP) is 6.27. The molecule has 38 heavy (non-hydrogen) atoms. The van der Waals surface area contributed by atoms with Crippen molar-refractivity contribution in [2.24, 2.45) is 0 Å². The Labute approximate surface area is 220 Å². The lowest BCUT2D eigenvalue weighted by Crippen LogP contribution is -2.40. The summed E-state index contributed by atoms with van der Waals surface area (Å²) in [5.41, 5.74) is 4.69. The maximum absolute atomic E-state index is 13.8. The number of carbonyl (C=O) groups is 3. The van der Waals surface area contributed by atoms with Gasteiger partial charge >= 0.3 is 5.97 Å². The van der Waals surface area contributed by atoms with Gasteiger partial charge in [-0.2, -0.15) is 0 Å². The van der Waals surface area contributed by atoms with Gasteiger partial charge in [-0.1, -0.05) is 42.5 Å². The molecule has 0 saturated heterocycles. The number of hydrogen-bond acceptors (Lipinski definition) is 5. The van der Waals surface area contributed by atoms with E-state index in [0.717, 1.165) is 23.2 Å². The number of ether oxygens (including phenoxy) is 1. The Bertz CT molecular complexity index is 1700. The zero-order valence-corrected chi connectivity index (χ0v) is 21.0. The van der Waals surface area contributed by atoms with Crippen LogP contribution in [0.4, 0.5) is 11.4 Å². The molecule has 6 nitrogen and oxygen atoms in total. The number of carbonyl (C=O) groups excluding carboxylic acids is 3. The molecule has 0 bridgehead atoms. The summed E-state index contributed by atoms with van der Waals surface area (Å²) < 4.78 is 5.70.